The summed E-state index contributed by atoms with van der Waals surface area (Å²) in [5.74, 6) is 0.114. The molecule has 1 aliphatic heterocycles. The Morgan fingerprint density at radius 2 is 1.80 bits per heavy atom. The summed E-state index contributed by atoms with van der Waals surface area (Å²) in [7, 11) is -3.71. The van der Waals surface area contributed by atoms with Crippen molar-refractivity contribution in [3.63, 3.8) is 0 Å². The first-order chi connectivity index (χ1) is 8.73. The number of nitrogens with two attached hydrogens (primary N) is 1. The summed E-state index contributed by atoms with van der Waals surface area (Å²) in [6.45, 7) is 2.59. The molecule has 1 aromatic rings. The summed E-state index contributed by atoms with van der Waals surface area (Å²) in [6.07, 6.45) is 0. The molecule has 20 heavy (non-hydrogen) atoms. The largest absolute Gasteiger partial charge is 0.326 e. The van der Waals surface area contributed by atoms with E-state index in [4.69, 9.17) is 28.9 Å². The van der Waals surface area contributed by atoms with E-state index in [1.807, 2.05) is 6.92 Å². The molecule has 1 aromatic carbocycles. The van der Waals surface area contributed by atoms with Crippen molar-refractivity contribution in [2.24, 2.45) is 11.7 Å². The van der Waals surface area contributed by atoms with Crippen LogP contribution in [-0.2, 0) is 10.0 Å². The van der Waals surface area contributed by atoms with E-state index in [9.17, 15) is 8.42 Å². The lowest BCUT2D eigenvalue weighted by Crippen LogP contribution is -2.32. The van der Waals surface area contributed by atoms with Crippen molar-refractivity contribution in [3.05, 3.63) is 26.7 Å². The molecule has 1 heterocycles. The molecule has 1 fully saturated rings. The quantitative estimate of drug-likeness (QED) is 0.793. The zero-order valence-corrected chi connectivity index (χ0v) is 15.2. The van der Waals surface area contributed by atoms with Crippen molar-refractivity contribution in [1.82, 2.24) is 4.31 Å². The molecule has 0 bridgehead atoms. The number of halogens is 4. The standard InChI is InChI=1S/C11H13BrCl2N2O2S.ClH/c1-6-4-16(5-10(6)15)19(17,18)11-8(13)2-7(12)3-9(11)14;/h2-3,6,10H,4-5,15H2,1H3;1H. The van der Waals surface area contributed by atoms with Crippen LogP contribution in [0.5, 0.6) is 0 Å². The van der Waals surface area contributed by atoms with Crippen molar-refractivity contribution in [3.8, 4) is 0 Å². The molecule has 9 heteroatoms. The smallest absolute Gasteiger partial charge is 0.246 e. The Hall–Kier alpha value is 0.440. The van der Waals surface area contributed by atoms with Gasteiger partial charge in [-0.3, -0.25) is 0 Å². The Morgan fingerprint density at radius 3 is 2.20 bits per heavy atom. The summed E-state index contributed by atoms with van der Waals surface area (Å²) in [6, 6.07) is 2.86. The van der Waals surface area contributed by atoms with Crippen molar-refractivity contribution in [2.45, 2.75) is 17.9 Å². The fourth-order valence-electron chi connectivity index (χ4n) is 2.05. The van der Waals surface area contributed by atoms with Crippen LogP contribution in [0.15, 0.2) is 21.5 Å². The van der Waals surface area contributed by atoms with Gasteiger partial charge in [0, 0.05) is 23.6 Å². The van der Waals surface area contributed by atoms with Gasteiger partial charge in [-0.15, -0.1) is 12.4 Å². The van der Waals surface area contributed by atoms with Crippen LogP contribution in [0.4, 0.5) is 0 Å². The first-order valence-corrected chi connectivity index (χ1v) is 8.62. The van der Waals surface area contributed by atoms with Crippen LogP contribution < -0.4 is 5.73 Å². The second kappa shape index (κ2) is 6.69. The fourth-order valence-corrected chi connectivity index (χ4v) is 5.51. The molecule has 0 amide bonds. The highest BCUT2D eigenvalue weighted by Crippen LogP contribution is 2.36. The summed E-state index contributed by atoms with van der Waals surface area (Å²) in [5.41, 5.74) is 5.86. The number of hydrogen-bond donors (Lipinski definition) is 1. The summed E-state index contributed by atoms with van der Waals surface area (Å²) in [5, 5.41) is 0.208. The third-order valence-electron chi connectivity index (χ3n) is 3.20. The first-order valence-electron chi connectivity index (χ1n) is 5.63. The maximum atomic E-state index is 12.6. The normalized spacial score (nSPS) is 23.6. The van der Waals surface area contributed by atoms with Gasteiger partial charge in [-0.05, 0) is 18.1 Å². The van der Waals surface area contributed by atoms with Gasteiger partial charge in [0.2, 0.25) is 10.0 Å². The van der Waals surface area contributed by atoms with Crippen molar-refractivity contribution < 1.29 is 8.42 Å². The van der Waals surface area contributed by atoms with Crippen LogP contribution in [0, 0.1) is 5.92 Å². The van der Waals surface area contributed by atoms with E-state index in [2.05, 4.69) is 15.9 Å². The van der Waals surface area contributed by atoms with E-state index in [1.54, 1.807) is 0 Å². The van der Waals surface area contributed by atoms with Crippen LogP contribution >= 0.6 is 51.5 Å². The predicted molar refractivity (Wildman–Crippen MR) is 87.3 cm³/mol. The highest BCUT2D eigenvalue weighted by Gasteiger charge is 2.37. The Kier molecular flexibility index (Phi) is 6.18. The molecule has 1 saturated heterocycles. The van der Waals surface area contributed by atoms with E-state index < -0.39 is 10.0 Å². The number of benzene rings is 1. The van der Waals surface area contributed by atoms with Gasteiger partial charge >= 0.3 is 0 Å². The highest BCUT2D eigenvalue weighted by atomic mass is 79.9. The molecule has 114 valence electrons. The fraction of sp³-hybridized carbons (Fsp3) is 0.455. The molecular formula is C11H14BrCl3N2O2S. The molecule has 4 nitrogen and oxygen atoms in total. The lowest BCUT2D eigenvalue weighted by Gasteiger charge is -2.18. The monoisotopic (exact) mass is 422 g/mol. The average Bonchev–Trinajstić information content (AvgIpc) is 2.57. The van der Waals surface area contributed by atoms with Crippen molar-refractivity contribution in [2.75, 3.05) is 13.1 Å². The molecule has 0 radical (unpaired) electrons. The van der Waals surface area contributed by atoms with E-state index >= 15 is 0 Å². The zero-order valence-electron chi connectivity index (χ0n) is 10.5. The van der Waals surface area contributed by atoms with E-state index in [-0.39, 0.29) is 45.9 Å². The van der Waals surface area contributed by atoms with E-state index in [0.717, 1.165) is 0 Å². The van der Waals surface area contributed by atoms with Gasteiger partial charge in [0.15, 0.2) is 0 Å². The SMILES string of the molecule is CC1CN(S(=O)(=O)c2c(Cl)cc(Br)cc2Cl)CC1N.Cl. The zero-order chi connectivity index (χ0) is 14.4. The summed E-state index contributed by atoms with van der Waals surface area (Å²) >= 11 is 15.3. The van der Waals surface area contributed by atoms with E-state index in [1.165, 1.54) is 16.4 Å². The molecule has 0 aliphatic carbocycles. The summed E-state index contributed by atoms with van der Waals surface area (Å²) in [4.78, 5) is -0.0552. The molecule has 0 aromatic heterocycles. The third-order valence-corrected chi connectivity index (χ3v) is 6.41. The highest BCUT2D eigenvalue weighted by molar-refractivity contribution is 9.10. The Balaban J connectivity index is 0.00000200. The lowest BCUT2D eigenvalue weighted by atomic mass is 10.1. The van der Waals surface area contributed by atoms with Gasteiger partial charge < -0.3 is 5.73 Å². The molecule has 0 spiro atoms. The predicted octanol–water partition coefficient (Wildman–Crippen LogP) is 3.15. The number of rotatable bonds is 2. The second-order valence-electron chi connectivity index (χ2n) is 4.66. The van der Waals surface area contributed by atoms with Crippen LogP contribution in [-0.4, -0.2) is 31.9 Å². The Labute approximate surface area is 143 Å². The maximum absolute atomic E-state index is 12.6. The van der Waals surface area contributed by atoms with Gasteiger partial charge in [0.25, 0.3) is 0 Å². The van der Waals surface area contributed by atoms with Gasteiger partial charge in [-0.25, -0.2) is 8.42 Å². The van der Waals surface area contributed by atoms with Crippen molar-refractivity contribution in [1.29, 1.82) is 0 Å². The molecule has 0 saturated carbocycles. The first kappa shape index (κ1) is 18.5. The number of sulfonamides is 1. The van der Waals surface area contributed by atoms with Gasteiger partial charge in [0.05, 0.1) is 10.0 Å². The molecule has 2 unspecified atom stereocenters. The molecular weight excluding hydrogens is 410 g/mol. The van der Waals surface area contributed by atoms with Gasteiger partial charge in [-0.1, -0.05) is 46.1 Å². The number of nitrogens with zero attached hydrogens (tertiary/aromatic N) is 1. The molecule has 2 N–H and O–H groups in total. The minimum atomic E-state index is -3.71. The van der Waals surface area contributed by atoms with Crippen LogP contribution in [0.3, 0.4) is 0 Å². The Morgan fingerprint density at radius 1 is 1.30 bits per heavy atom. The molecule has 2 atom stereocenters. The average molecular weight is 425 g/mol. The molecule has 1 aliphatic rings. The van der Waals surface area contributed by atoms with Gasteiger partial charge in [0.1, 0.15) is 4.90 Å². The topological polar surface area (TPSA) is 63.4 Å². The number of hydrogen-bond acceptors (Lipinski definition) is 3. The lowest BCUT2D eigenvalue weighted by molar-refractivity contribution is 0.464. The van der Waals surface area contributed by atoms with E-state index in [0.29, 0.717) is 11.0 Å². The van der Waals surface area contributed by atoms with Gasteiger partial charge in [-0.2, -0.15) is 4.31 Å². The molecule has 2 rings (SSSR count). The summed E-state index contributed by atoms with van der Waals surface area (Å²) < 4.78 is 27.1. The van der Waals surface area contributed by atoms with Crippen LogP contribution in [0.25, 0.3) is 0 Å². The minimum Gasteiger partial charge on any atom is -0.326 e. The van der Waals surface area contributed by atoms with Crippen LogP contribution in [0.1, 0.15) is 6.92 Å². The maximum Gasteiger partial charge on any atom is 0.246 e. The second-order valence-corrected chi connectivity index (χ2v) is 8.27. The minimum absolute atomic E-state index is 0. The third kappa shape index (κ3) is 3.43. The van der Waals surface area contributed by atoms with Crippen molar-refractivity contribution >= 4 is 61.6 Å². The van der Waals surface area contributed by atoms with Crippen LogP contribution in [0.2, 0.25) is 10.0 Å². The Bertz CT molecular complexity index is 579.